The summed E-state index contributed by atoms with van der Waals surface area (Å²) in [7, 11) is 0. The van der Waals surface area contributed by atoms with Crippen LogP contribution in [-0.2, 0) is 4.79 Å². The second-order valence-electron chi connectivity index (χ2n) is 4.15. The number of hydrogen-bond acceptors (Lipinski definition) is 4. The molecular formula is C16H12O3S. The van der Waals surface area contributed by atoms with Crippen molar-refractivity contribution in [3.63, 3.8) is 0 Å². The summed E-state index contributed by atoms with van der Waals surface area (Å²) in [6.07, 6.45) is 0. The molecule has 0 spiro atoms. The number of esters is 1. The minimum Gasteiger partial charge on any atom is -0.426 e. The first-order chi connectivity index (χ1) is 9.56. The van der Waals surface area contributed by atoms with Crippen LogP contribution in [0.2, 0.25) is 0 Å². The van der Waals surface area contributed by atoms with Crippen molar-refractivity contribution in [2.75, 3.05) is 0 Å². The van der Waals surface area contributed by atoms with Crippen LogP contribution in [0.15, 0.2) is 35.7 Å². The number of carbonyl (C=O) groups is 2. The van der Waals surface area contributed by atoms with E-state index in [2.05, 4.69) is 11.8 Å². The summed E-state index contributed by atoms with van der Waals surface area (Å²) in [5.74, 6) is 4.79. The summed E-state index contributed by atoms with van der Waals surface area (Å²) in [6.45, 7) is 3.16. The largest absolute Gasteiger partial charge is 0.426 e. The zero-order valence-corrected chi connectivity index (χ0v) is 11.9. The molecule has 0 saturated carbocycles. The van der Waals surface area contributed by atoms with E-state index in [1.165, 1.54) is 18.3 Å². The Bertz CT molecular complexity index is 703. The van der Waals surface area contributed by atoms with Gasteiger partial charge in [-0.15, -0.1) is 11.3 Å². The van der Waals surface area contributed by atoms with Gasteiger partial charge in [0.2, 0.25) is 5.78 Å². The molecule has 1 heterocycles. The lowest BCUT2D eigenvalue weighted by Crippen LogP contribution is -2.07. The molecule has 2 aromatic rings. The zero-order valence-electron chi connectivity index (χ0n) is 11.1. The van der Waals surface area contributed by atoms with E-state index in [9.17, 15) is 9.59 Å². The number of aryl methyl sites for hydroxylation is 1. The van der Waals surface area contributed by atoms with Crippen LogP contribution < -0.4 is 4.74 Å². The number of ketones is 1. The SMILES string of the molecule is CC(=O)Oc1cc(C)ccc1C(=O)C#Cc1cccs1. The molecule has 0 aliphatic heterocycles. The number of ether oxygens (including phenoxy) is 1. The van der Waals surface area contributed by atoms with Gasteiger partial charge in [0.05, 0.1) is 10.4 Å². The van der Waals surface area contributed by atoms with E-state index in [0.29, 0.717) is 5.56 Å². The number of carbonyl (C=O) groups excluding carboxylic acids is 2. The first kappa shape index (κ1) is 14.0. The number of hydrogen-bond donors (Lipinski definition) is 0. The van der Waals surface area contributed by atoms with Crippen molar-refractivity contribution >= 4 is 23.1 Å². The van der Waals surface area contributed by atoms with Crippen molar-refractivity contribution in [1.82, 2.24) is 0 Å². The highest BCUT2D eigenvalue weighted by atomic mass is 32.1. The summed E-state index contributed by atoms with van der Waals surface area (Å²) in [5, 5.41) is 1.89. The molecule has 100 valence electrons. The third-order valence-electron chi connectivity index (χ3n) is 2.46. The summed E-state index contributed by atoms with van der Waals surface area (Å²) >= 11 is 1.47. The van der Waals surface area contributed by atoms with Gasteiger partial charge in [0.15, 0.2) is 0 Å². The van der Waals surface area contributed by atoms with Gasteiger partial charge in [0.1, 0.15) is 5.75 Å². The molecule has 1 aromatic carbocycles. The van der Waals surface area contributed by atoms with Crippen LogP contribution in [0.5, 0.6) is 5.75 Å². The van der Waals surface area contributed by atoms with Crippen molar-refractivity contribution < 1.29 is 14.3 Å². The Hall–Kier alpha value is -2.38. The van der Waals surface area contributed by atoms with E-state index in [0.717, 1.165) is 10.4 Å². The maximum absolute atomic E-state index is 12.1. The van der Waals surface area contributed by atoms with E-state index in [4.69, 9.17) is 4.74 Å². The van der Waals surface area contributed by atoms with Gasteiger partial charge in [-0.2, -0.15) is 0 Å². The Balaban J connectivity index is 2.31. The Labute approximate surface area is 121 Å². The Morgan fingerprint density at radius 2 is 2.05 bits per heavy atom. The lowest BCUT2D eigenvalue weighted by molar-refractivity contribution is -0.131. The highest BCUT2D eigenvalue weighted by Gasteiger charge is 2.12. The number of thiophene rings is 1. The molecular weight excluding hydrogens is 272 g/mol. The Morgan fingerprint density at radius 1 is 1.25 bits per heavy atom. The summed E-state index contributed by atoms with van der Waals surface area (Å²) in [4.78, 5) is 24.0. The molecule has 0 fully saturated rings. The summed E-state index contributed by atoms with van der Waals surface area (Å²) in [6, 6.07) is 8.77. The minimum absolute atomic E-state index is 0.253. The topological polar surface area (TPSA) is 43.4 Å². The zero-order chi connectivity index (χ0) is 14.5. The van der Waals surface area contributed by atoms with Crippen LogP contribution in [0.4, 0.5) is 0 Å². The van der Waals surface area contributed by atoms with Gasteiger partial charge in [0, 0.05) is 6.92 Å². The molecule has 0 bridgehead atoms. The summed E-state index contributed by atoms with van der Waals surface area (Å²) < 4.78 is 5.06. The average Bonchev–Trinajstić information content (AvgIpc) is 2.88. The molecule has 20 heavy (non-hydrogen) atoms. The lowest BCUT2D eigenvalue weighted by Gasteiger charge is -2.06. The van der Waals surface area contributed by atoms with Crippen molar-refractivity contribution in [2.45, 2.75) is 13.8 Å². The second kappa shape index (κ2) is 6.18. The molecule has 0 amide bonds. The molecule has 0 atom stereocenters. The molecule has 0 saturated heterocycles. The van der Waals surface area contributed by atoms with Crippen LogP contribution in [-0.4, -0.2) is 11.8 Å². The average molecular weight is 284 g/mol. The first-order valence-electron chi connectivity index (χ1n) is 5.95. The Kier molecular flexibility index (Phi) is 4.34. The van der Waals surface area contributed by atoms with Gasteiger partial charge < -0.3 is 4.74 Å². The molecule has 0 N–H and O–H groups in total. The molecule has 2 rings (SSSR count). The Morgan fingerprint density at radius 3 is 2.70 bits per heavy atom. The van der Waals surface area contributed by atoms with E-state index in [1.807, 2.05) is 24.4 Å². The van der Waals surface area contributed by atoms with E-state index < -0.39 is 5.97 Å². The fourth-order valence-electron chi connectivity index (χ4n) is 1.59. The first-order valence-corrected chi connectivity index (χ1v) is 6.83. The van der Waals surface area contributed by atoms with Crippen LogP contribution >= 0.6 is 11.3 Å². The van der Waals surface area contributed by atoms with Crippen LogP contribution in [0.3, 0.4) is 0 Å². The van der Waals surface area contributed by atoms with E-state index in [1.54, 1.807) is 18.2 Å². The molecule has 0 aliphatic rings. The fraction of sp³-hybridized carbons (Fsp3) is 0.125. The minimum atomic E-state index is -0.462. The van der Waals surface area contributed by atoms with Gasteiger partial charge in [-0.05, 0) is 47.9 Å². The number of Topliss-reactive ketones (excluding diaryl/α,β-unsaturated/α-hetero) is 1. The molecule has 0 aliphatic carbocycles. The van der Waals surface area contributed by atoms with Crippen molar-refractivity contribution in [3.8, 4) is 17.6 Å². The van der Waals surface area contributed by atoms with Gasteiger partial charge in [0.25, 0.3) is 0 Å². The number of benzene rings is 1. The maximum Gasteiger partial charge on any atom is 0.308 e. The standard InChI is InChI=1S/C16H12O3S/c1-11-5-7-14(16(10-11)19-12(2)17)15(18)8-6-13-4-3-9-20-13/h3-5,7,9-10H,1-2H3. The summed E-state index contributed by atoms with van der Waals surface area (Å²) in [5.41, 5.74) is 1.21. The van der Waals surface area contributed by atoms with Gasteiger partial charge in [-0.3, -0.25) is 9.59 Å². The highest BCUT2D eigenvalue weighted by Crippen LogP contribution is 2.21. The normalized spacial score (nSPS) is 9.50. The predicted octanol–water partition coefficient (Wildman–Crippen LogP) is 3.22. The quantitative estimate of drug-likeness (QED) is 0.368. The van der Waals surface area contributed by atoms with Gasteiger partial charge in [-0.25, -0.2) is 0 Å². The second-order valence-corrected chi connectivity index (χ2v) is 5.10. The smallest absolute Gasteiger partial charge is 0.308 e. The van der Waals surface area contributed by atoms with E-state index in [-0.39, 0.29) is 11.5 Å². The molecule has 3 nitrogen and oxygen atoms in total. The van der Waals surface area contributed by atoms with Crippen LogP contribution in [0, 0.1) is 18.8 Å². The molecule has 1 aromatic heterocycles. The molecule has 4 heteroatoms. The van der Waals surface area contributed by atoms with Crippen molar-refractivity contribution in [2.24, 2.45) is 0 Å². The highest BCUT2D eigenvalue weighted by molar-refractivity contribution is 7.10. The fourth-order valence-corrected chi connectivity index (χ4v) is 2.16. The van der Waals surface area contributed by atoms with Gasteiger partial charge >= 0.3 is 5.97 Å². The monoisotopic (exact) mass is 284 g/mol. The number of rotatable bonds is 2. The van der Waals surface area contributed by atoms with Crippen molar-refractivity contribution in [3.05, 3.63) is 51.7 Å². The molecule has 0 unspecified atom stereocenters. The third kappa shape index (κ3) is 3.56. The van der Waals surface area contributed by atoms with Crippen LogP contribution in [0.25, 0.3) is 0 Å². The van der Waals surface area contributed by atoms with Crippen LogP contribution in [0.1, 0.15) is 27.7 Å². The third-order valence-corrected chi connectivity index (χ3v) is 3.24. The lowest BCUT2D eigenvalue weighted by atomic mass is 10.1. The van der Waals surface area contributed by atoms with Crippen molar-refractivity contribution in [1.29, 1.82) is 0 Å². The van der Waals surface area contributed by atoms with E-state index >= 15 is 0 Å². The maximum atomic E-state index is 12.1. The molecule has 0 radical (unpaired) electrons. The predicted molar refractivity (Wildman–Crippen MR) is 78.0 cm³/mol. The van der Waals surface area contributed by atoms with Gasteiger partial charge in [-0.1, -0.05) is 12.1 Å².